The zero-order valence-corrected chi connectivity index (χ0v) is 13.0. The van der Waals surface area contributed by atoms with Gasteiger partial charge in [-0.2, -0.15) is 5.26 Å². The number of carbonyl (C=O) groups is 1. The summed E-state index contributed by atoms with van der Waals surface area (Å²) < 4.78 is 0. The van der Waals surface area contributed by atoms with E-state index in [4.69, 9.17) is 0 Å². The Hall–Kier alpha value is -1.04. The predicted octanol–water partition coefficient (Wildman–Crippen LogP) is 3.89. The van der Waals surface area contributed by atoms with Gasteiger partial charge in [0.05, 0.1) is 6.07 Å². The number of nitriles is 1. The quantitative estimate of drug-likeness (QED) is 0.715. The van der Waals surface area contributed by atoms with Gasteiger partial charge in [0.2, 0.25) is 5.91 Å². The topological polar surface area (TPSA) is 44.1 Å². The number of rotatable bonds is 5. The molecule has 0 aromatic heterocycles. The molecular weight excluding hydrogens is 248 g/mol. The molecule has 2 aliphatic rings. The molecule has 3 nitrogen and oxygen atoms in total. The summed E-state index contributed by atoms with van der Waals surface area (Å²) in [4.78, 5) is 15.1. The van der Waals surface area contributed by atoms with Crippen LogP contribution in [0.4, 0.5) is 0 Å². The van der Waals surface area contributed by atoms with Crippen molar-refractivity contribution < 1.29 is 4.79 Å². The molecule has 0 N–H and O–H groups in total. The molecule has 1 amide bonds. The molecule has 0 unspecified atom stereocenters. The summed E-state index contributed by atoms with van der Waals surface area (Å²) >= 11 is 0. The van der Waals surface area contributed by atoms with Crippen molar-refractivity contribution in [2.24, 2.45) is 11.3 Å². The molecule has 0 radical (unpaired) electrons. The molecular formula is C17H28N2O. The monoisotopic (exact) mass is 276 g/mol. The van der Waals surface area contributed by atoms with E-state index in [1.807, 2.05) is 0 Å². The summed E-state index contributed by atoms with van der Waals surface area (Å²) in [7, 11) is 0. The van der Waals surface area contributed by atoms with Crippen LogP contribution in [0.15, 0.2) is 0 Å². The number of hydrogen-bond acceptors (Lipinski definition) is 2. The molecule has 0 aromatic rings. The SMILES string of the molecule is CC(C)CCN(C(=O)C1(C#N)CCCCCC1)C1CC1. The summed E-state index contributed by atoms with van der Waals surface area (Å²) in [5.41, 5.74) is -0.712. The second-order valence-corrected chi connectivity index (χ2v) is 7.02. The zero-order chi connectivity index (χ0) is 14.6. The van der Waals surface area contributed by atoms with Crippen LogP contribution in [-0.2, 0) is 4.79 Å². The first-order chi connectivity index (χ1) is 9.59. The van der Waals surface area contributed by atoms with E-state index in [-0.39, 0.29) is 5.91 Å². The normalized spacial score (nSPS) is 22.1. The van der Waals surface area contributed by atoms with E-state index in [2.05, 4.69) is 24.8 Å². The molecule has 2 aliphatic carbocycles. The van der Waals surface area contributed by atoms with Crippen LogP contribution in [0.1, 0.15) is 71.6 Å². The van der Waals surface area contributed by atoms with Gasteiger partial charge in [0.15, 0.2) is 0 Å². The highest BCUT2D eigenvalue weighted by Crippen LogP contribution is 2.39. The van der Waals surface area contributed by atoms with Crippen molar-refractivity contribution in [3.8, 4) is 6.07 Å². The van der Waals surface area contributed by atoms with Gasteiger partial charge in [-0.15, -0.1) is 0 Å². The van der Waals surface area contributed by atoms with Crippen LogP contribution in [0.3, 0.4) is 0 Å². The minimum atomic E-state index is -0.712. The van der Waals surface area contributed by atoms with E-state index >= 15 is 0 Å². The van der Waals surface area contributed by atoms with Crippen molar-refractivity contribution in [1.29, 1.82) is 5.26 Å². The highest BCUT2D eigenvalue weighted by Gasteiger charge is 2.45. The lowest BCUT2D eigenvalue weighted by molar-refractivity contribution is -0.140. The third-order valence-corrected chi connectivity index (χ3v) is 4.78. The van der Waals surface area contributed by atoms with E-state index in [1.54, 1.807) is 0 Å². The molecule has 0 aliphatic heterocycles. The number of carbonyl (C=O) groups excluding carboxylic acids is 1. The molecule has 0 aromatic carbocycles. The van der Waals surface area contributed by atoms with E-state index < -0.39 is 5.41 Å². The number of hydrogen-bond donors (Lipinski definition) is 0. The van der Waals surface area contributed by atoms with E-state index in [0.717, 1.165) is 51.5 Å². The van der Waals surface area contributed by atoms with Crippen LogP contribution in [0, 0.1) is 22.7 Å². The Morgan fingerprint density at radius 3 is 2.30 bits per heavy atom. The summed E-state index contributed by atoms with van der Waals surface area (Å²) in [5, 5.41) is 9.67. The van der Waals surface area contributed by atoms with Gasteiger partial charge in [0.1, 0.15) is 5.41 Å². The van der Waals surface area contributed by atoms with Crippen LogP contribution >= 0.6 is 0 Å². The van der Waals surface area contributed by atoms with E-state index in [1.165, 1.54) is 12.8 Å². The molecule has 2 fully saturated rings. The van der Waals surface area contributed by atoms with Gasteiger partial charge < -0.3 is 4.90 Å². The maximum atomic E-state index is 13.0. The lowest BCUT2D eigenvalue weighted by Crippen LogP contribution is -2.45. The van der Waals surface area contributed by atoms with Gasteiger partial charge in [-0.1, -0.05) is 39.5 Å². The standard InChI is InChI=1S/C17H28N2O/c1-14(2)9-12-19(15-7-8-15)16(20)17(13-18)10-5-3-4-6-11-17/h14-15H,3-12H2,1-2H3. The Balaban J connectivity index is 2.09. The lowest BCUT2D eigenvalue weighted by atomic mass is 9.80. The summed E-state index contributed by atoms with van der Waals surface area (Å²) in [6.45, 7) is 5.23. The number of nitrogens with zero attached hydrogens (tertiary/aromatic N) is 2. The first kappa shape index (κ1) is 15.4. The fourth-order valence-electron chi connectivity index (χ4n) is 3.21. The predicted molar refractivity (Wildman–Crippen MR) is 79.9 cm³/mol. The Bertz CT molecular complexity index is 371. The molecule has 0 atom stereocenters. The molecule has 0 saturated heterocycles. The van der Waals surface area contributed by atoms with Gasteiger partial charge in [-0.25, -0.2) is 0 Å². The third-order valence-electron chi connectivity index (χ3n) is 4.78. The second-order valence-electron chi connectivity index (χ2n) is 7.02. The first-order valence-electron chi connectivity index (χ1n) is 8.31. The van der Waals surface area contributed by atoms with Crippen molar-refractivity contribution in [2.45, 2.75) is 77.7 Å². The molecule has 2 saturated carbocycles. The van der Waals surface area contributed by atoms with E-state index in [9.17, 15) is 10.1 Å². The van der Waals surface area contributed by atoms with Gasteiger partial charge in [0.25, 0.3) is 0 Å². The molecule has 2 rings (SSSR count). The van der Waals surface area contributed by atoms with Crippen molar-refractivity contribution in [3.05, 3.63) is 0 Å². The smallest absolute Gasteiger partial charge is 0.243 e. The van der Waals surface area contributed by atoms with Crippen LogP contribution in [0.5, 0.6) is 0 Å². The first-order valence-corrected chi connectivity index (χ1v) is 8.31. The van der Waals surface area contributed by atoms with Crippen molar-refractivity contribution in [2.75, 3.05) is 6.54 Å². The largest absolute Gasteiger partial charge is 0.338 e. The number of amides is 1. The van der Waals surface area contributed by atoms with Crippen molar-refractivity contribution >= 4 is 5.91 Å². The highest BCUT2D eigenvalue weighted by molar-refractivity contribution is 5.86. The average Bonchev–Trinajstić information content (AvgIpc) is 3.25. The van der Waals surface area contributed by atoms with Crippen LogP contribution < -0.4 is 0 Å². The van der Waals surface area contributed by atoms with Crippen molar-refractivity contribution in [1.82, 2.24) is 4.90 Å². The maximum Gasteiger partial charge on any atom is 0.243 e. The van der Waals surface area contributed by atoms with Gasteiger partial charge in [-0.3, -0.25) is 4.79 Å². The second kappa shape index (κ2) is 6.61. The molecule has 0 bridgehead atoms. The Kier molecular flexibility index (Phi) is 5.07. The van der Waals surface area contributed by atoms with Crippen LogP contribution in [0.25, 0.3) is 0 Å². The molecule has 0 heterocycles. The van der Waals surface area contributed by atoms with E-state index in [0.29, 0.717) is 12.0 Å². The Morgan fingerprint density at radius 1 is 1.25 bits per heavy atom. The van der Waals surface area contributed by atoms with Gasteiger partial charge >= 0.3 is 0 Å². The Morgan fingerprint density at radius 2 is 1.85 bits per heavy atom. The summed E-state index contributed by atoms with van der Waals surface area (Å²) in [6, 6.07) is 2.84. The molecule has 0 spiro atoms. The minimum absolute atomic E-state index is 0.144. The summed E-state index contributed by atoms with van der Waals surface area (Å²) in [6.07, 6.45) is 9.25. The summed E-state index contributed by atoms with van der Waals surface area (Å²) in [5.74, 6) is 0.751. The fourth-order valence-corrected chi connectivity index (χ4v) is 3.21. The molecule has 3 heteroatoms. The van der Waals surface area contributed by atoms with Gasteiger partial charge in [-0.05, 0) is 38.0 Å². The van der Waals surface area contributed by atoms with Crippen molar-refractivity contribution in [3.63, 3.8) is 0 Å². The van der Waals surface area contributed by atoms with Gasteiger partial charge in [0, 0.05) is 12.6 Å². The molecule has 112 valence electrons. The van der Waals surface area contributed by atoms with Crippen LogP contribution in [0.2, 0.25) is 0 Å². The average molecular weight is 276 g/mol. The van der Waals surface area contributed by atoms with Crippen LogP contribution in [-0.4, -0.2) is 23.4 Å². The zero-order valence-electron chi connectivity index (χ0n) is 13.0. The lowest BCUT2D eigenvalue weighted by Gasteiger charge is -2.32. The fraction of sp³-hybridized carbons (Fsp3) is 0.882. The highest BCUT2D eigenvalue weighted by atomic mass is 16.2. The molecule has 20 heavy (non-hydrogen) atoms. The third kappa shape index (κ3) is 3.53. The minimum Gasteiger partial charge on any atom is -0.338 e. The maximum absolute atomic E-state index is 13.0. The Labute approximate surface area is 123 Å².